The molecule has 3 N–H and O–H groups in total. The quantitative estimate of drug-likeness (QED) is 0.0383. The summed E-state index contributed by atoms with van der Waals surface area (Å²) in [6.45, 7) is 5.96. The van der Waals surface area contributed by atoms with Crippen LogP contribution in [0.1, 0.15) is 75.7 Å². The molecule has 5 amide bonds. The molecule has 0 spiro atoms. The average Bonchev–Trinajstić information content (AvgIpc) is 3.91. The minimum Gasteiger partial charge on any atom is -0.508 e. The van der Waals surface area contributed by atoms with Gasteiger partial charge in [0, 0.05) is 44.7 Å². The molecule has 5 aromatic rings. The number of imide groups is 2. The molecule has 1 aromatic heterocycles. The summed E-state index contributed by atoms with van der Waals surface area (Å²) in [5.41, 5.74) is 7.07. The van der Waals surface area contributed by atoms with Gasteiger partial charge in [0.1, 0.15) is 24.1 Å². The smallest absolute Gasteiger partial charge is 0.264 e. The van der Waals surface area contributed by atoms with E-state index in [-0.39, 0.29) is 42.0 Å². The van der Waals surface area contributed by atoms with Crippen molar-refractivity contribution in [1.29, 1.82) is 0 Å². The third kappa shape index (κ3) is 12.6. The molecule has 2 aliphatic heterocycles. The number of fused-ring (bicyclic) bond motifs is 1. The van der Waals surface area contributed by atoms with Gasteiger partial charge in [0.25, 0.3) is 11.8 Å². The number of piperidine rings is 1. The number of aromatic nitrogens is 3. The van der Waals surface area contributed by atoms with Gasteiger partial charge in [-0.15, -0.1) is 5.10 Å². The Kier molecular flexibility index (Phi) is 17.2. The number of nitrogens with one attached hydrogen (secondary N) is 2. The Morgan fingerprint density at radius 1 is 0.809 bits per heavy atom. The second-order valence-electron chi connectivity index (χ2n) is 16.2. The first-order valence-corrected chi connectivity index (χ1v) is 22.9. The van der Waals surface area contributed by atoms with E-state index in [1.807, 2.05) is 60.8 Å². The number of carbonyl (C=O) groups is 5. The number of aryl methyl sites for hydroxylation is 1. The second kappa shape index (κ2) is 24.0. The van der Waals surface area contributed by atoms with Crippen LogP contribution < -0.4 is 15.4 Å². The fourth-order valence-electron chi connectivity index (χ4n) is 8.06. The number of hydrogen-bond acceptors (Lipinski definition) is 13. The Balaban J connectivity index is 0.730. The van der Waals surface area contributed by atoms with Crippen LogP contribution >= 0.6 is 0 Å². The molecule has 0 radical (unpaired) electrons. The van der Waals surface area contributed by atoms with Gasteiger partial charge >= 0.3 is 0 Å². The molecular formula is C51H57N7O10. The highest BCUT2D eigenvalue weighted by Gasteiger charge is 2.45. The number of carbonyl (C=O) groups excluding carboxylic acids is 5. The van der Waals surface area contributed by atoms with E-state index in [2.05, 4.69) is 40.0 Å². The summed E-state index contributed by atoms with van der Waals surface area (Å²) in [6.07, 6.45) is 3.53. The van der Waals surface area contributed by atoms with Crippen molar-refractivity contribution in [1.82, 2.24) is 30.1 Å². The van der Waals surface area contributed by atoms with Crippen LogP contribution in [0.15, 0.2) is 103 Å². The lowest BCUT2D eigenvalue weighted by molar-refractivity contribution is -0.136. The van der Waals surface area contributed by atoms with E-state index in [9.17, 15) is 29.1 Å². The Labute approximate surface area is 395 Å². The van der Waals surface area contributed by atoms with Crippen LogP contribution in [0.5, 0.6) is 11.5 Å². The van der Waals surface area contributed by atoms with Gasteiger partial charge in [0.2, 0.25) is 17.7 Å². The van der Waals surface area contributed by atoms with E-state index >= 15 is 0 Å². The summed E-state index contributed by atoms with van der Waals surface area (Å²) >= 11 is 0. The molecule has 0 aliphatic carbocycles. The molecule has 0 saturated carbocycles. The standard InChI is InChI=1S/C51H57N7O10/c1-3-41(35-8-5-4-6-9-35)47(36-12-17-39(59)18-13-36)37-14-19-40(20-15-37)68-29-25-56(2)46(61)23-16-38-34-57(55-54-38)26-28-66-31-33-67-32-30-65-27-24-52-43-11-7-10-42-48(43)51(64)58(50(42)63)44-21-22-45(60)53-49(44)62/h4-15,17-20,34,44,52,59H,3,16,21-33H2,1-2H3,(H,53,60,62)/b47-41+. The molecule has 2 aliphatic rings. The predicted octanol–water partition coefficient (Wildman–Crippen LogP) is 5.39. The normalized spacial score (nSPS) is 15.0. The molecule has 1 unspecified atom stereocenters. The first-order valence-electron chi connectivity index (χ1n) is 22.9. The third-order valence-corrected chi connectivity index (χ3v) is 11.6. The van der Waals surface area contributed by atoms with Crippen molar-refractivity contribution >= 4 is 46.4 Å². The highest BCUT2D eigenvalue weighted by atomic mass is 16.5. The van der Waals surface area contributed by atoms with E-state index in [4.69, 9.17) is 18.9 Å². The van der Waals surface area contributed by atoms with E-state index in [0.717, 1.165) is 33.6 Å². The number of phenols is 1. The molecule has 4 aromatic carbocycles. The number of ether oxygens (including phenoxy) is 4. The summed E-state index contributed by atoms with van der Waals surface area (Å²) in [6, 6.07) is 29.4. The van der Waals surface area contributed by atoms with Crippen LogP contribution in [-0.2, 0) is 41.6 Å². The van der Waals surface area contributed by atoms with Crippen molar-refractivity contribution in [3.63, 3.8) is 0 Å². The molecular weight excluding hydrogens is 871 g/mol. The molecule has 1 atom stereocenters. The lowest BCUT2D eigenvalue weighted by Gasteiger charge is -2.27. The SMILES string of the molecule is CC/C(=C(/c1ccc(O)cc1)c1ccc(OCCN(C)C(=O)CCc2cn(CCOCCOCCOCCNc3cccc4c3C(=O)N(C3CCC(=O)NC3=O)C4=O)nn2)cc1)c1ccccc1. The first-order chi connectivity index (χ1) is 33.1. The lowest BCUT2D eigenvalue weighted by atomic mass is 9.88. The summed E-state index contributed by atoms with van der Waals surface area (Å²) in [5, 5.41) is 23.7. The van der Waals surface area contributed by atoms with Crippen molar-refractivity contribution in [3.05, 3.63) is 137 Å². The molecule has 1 fully saturated rings. The van der Waals surface area contributed by atoms with Crippen molar-refractivity contribution in [2.75, 3.05) is 71.7 Å². The Morgan fingerprint density at radius 3 is 2.21 bits per heavy atom. The predicted molar refractivity (Wildman–Crippen MR) is 253 cm³/mol. The number of anilines is 1. The number of allylic oxidation sites excluding steroid dienone is 1. The second-order valence-corrected chi connectivity index (χ2v) is 16.2. The van der Waals surface area contributed by atoms with Gasteiger partial charge in [0.05, 0.1) is 69.6 Å². The van der Waals surface area contributed by atoms with Crippen molar-refractivity contribution in [2.24, 2.45) is 0 Å². The van der Waals surface area contributed by atoms with Crippen LogP contribution in [-0.4, -0.2) is 132 Å². The topological polar surface area (TPSA) is 204 Å². The largest absolute Gasteiger partial charge is 0.508 e. The van der Waals surface area contributed by atoms with E-state index < -0.39 is 29.7 Å². The maximum atomic E-state index is 13.2. The van der Waals surface area contributed by atoms with Crippen LogP contribution in [0, 0.1) is 0 Å². The van der Waals surface area contributed by atoms with Crippen LogP contribution in [0.2, 0.25) is 0 Å². The average molecular weight is 928 g/mol. The number of hydrogen-bond donors (Lipinski definition) is 3. The number of aromatic hydroxyl groups is 1. The van der Waals surface area contributed by atoms with Crippen molar-refractivity contribution in [3.8, 4) is 11.5 Å². The molecule has 1 saturated heterocycles. The molecule has 68 heavy (non-hydrogen) atoms. The highest BCUT2D eigenvalue weighted by Crippen LogP contribution is 2.36. The maximum Gasteiger partial charge on any atom is 0.264 e. The van der Waals surface area contributed by atoms with E-state index in [1.165, 1.54) is 5.57 Å². The van der Waals surface area contributed by atoms with Crippen molar-refractivity contribution in [2.45, 2.75) is 51.6 Å². The summed E-state index contributed by atoms with van der Waals surface area (Å²) < 4.78 is 24.6. The summed E-state index contributed by atoms with van der Waals surface area (Å²) in [7, 11) is 1.76. The zero-order valence-corrected chi connectivity index (χ0v) is 38.4. The van der Waals surface area contributed by atoms with Crippen LogP contribution in [0.25, 0.3) is 11.1 Å². The molecule has 356 valence electrons. The van der Waals surface area contributed by atoms with Gasteiger partial charge in [-0.1, -0.05) is 72.8 Å². The Hall–Kier alpha value is -7.21. The van der Waals surface area contributed by atoms with Crippen molar-refractivity contribution < 1.29 is 48.0 Å². The summed E-state index contributed by atoms with van der Waals surface area (Å²) in [4.78, 5) is 65.7. The minimum absolute atomic E-state index is 0.0197. The maximum absolute atomic E-state index is 13.2. The van der Waals surface area contributed by atoms with Gasteiger partial charge < -0.3 is 34.3 Å². The molecule has 3 heterocycles. The summed E-state index contributed by atoms with van der Waals surface area (Å²) in [5.74, 6) is -1.30. The van der Waals surface area contributed by atoms with Gasteiger partial charge in [0.15, 0.2) is 0 Å². The highest BCUT2D eigenvalue weighted by molar-refractivity contribution is 6.25. The van der Waals surface area contributed by atoms with Gasteiger partial charge in [-0.3, -0.25) is 34.2 Å². The van der Waals surface area contributed by atoms with E-state index in [0.29, 0.717) is 89.4 Å². The first kappa shape index (κ1) is 48.7. The van der Waals surface area contributed by atoms with Gasteiger partial charge in [-0.05, 0) is 77.1 Å². The van der Waals surface area contributed by atoms with E-state index in [1.54, 1.807) is 47.0 Å². The lowest BCUT2D eigenvalue weighted by Crippen LogP contribution is -2.54. The number of rotatable bonds is 25. The van der Waals surface area contributed by atoms with Crippen LogP contribution in [0.3, 0.4) is 0 Å². The third-order valence-electron chi connectivity index (χ3n) is 11.6. The number of likely N-dealkylation sites (N-methyl/N-ethyl adjacent to an activating group) is 1. The number of nitrogens with zero attached hydrogens (tertiary/aromatic N) is 5. The Morgan fingerprint density at radius 2 is 1.50 bits per heavy atom. The monoisotopic (exact) mass is 927 g/mol. The number of benzene rings is 4. The molecule has 7 rings (SSSR count). The molecule has 0 bridgehead atoms. The fourth-order valence-corrected chi connectivity index (χ4v) is 8.06. The molecule has 17 heteroatoms. The zero-order valence-electron chi connectivity index (χ0n) is 38.4. The number of phenolic OH excluding ortho intramolecular Hbond substituents is 1. The fraction of sp³-hybridized carbons (Fsp3) is 0.353. The van der Waals surface area contributed by atoms with Crippen LogP contribution in [0.4, 0.5) is 5.69 Å². The zero-order chi connectivity index (χ0) is 47.8. The van der Waals surface area contributed by atoms with Gasteiger partial charge in [-0.25, -0.2) is 4.68 Å². The Bertz CT molecular complexity index is 2560. The molecule has 17 nitrogen and oxygen atoms in total. The van der Waals surface area contributed by atoms with Gasteiger partial charge in [-0.2, -0.15) is 0 Å². The minimum atomic E-state index is -1.03. The number of amides is 5.